The van der Waals surface area contributed by atoms with E-state index in [2.05, 4.69) is 11.4 Å². The molecule has 25 heavy (non-hydrogen) atoms. The molecule has 0 radical (unpaired) electrons. The van der Waals surface area contributed by atoms with E-state index in [1.165, 1.54) is 0 Å². The van der Waals surface area contributed by atoms with Crippen molar-refractivity contribution in [2.45, 2.75) is 5.75 Å². The molecule has 0 saturated carbocycles. The van der Waals surface area contributed by atoms with Gasteiger partial charge in [0.05, 0.1) is 12.0 Å². The van der Waals surface area contributed by atoms with E-state index in [0.717, 1.165) is 39.0 Å². The van der Waals surface area contributed by atoms with Crippen molar-refractivity contribution in [1.82, 2.24) is 5.32 Å². The summed E-state index contributed by atoms with van der Waals surface area (Å²) in [5, 5.41) is 6.10. The first-order chi connectivity index (χ1) is 12.3. The summed E-state index contributed by atoms with van der Waals surface area (Å²) in [6.45, 7) is 0.585. The van der Waals surface area contributed by atoms with Gasteiger partial charge in [0, 0.05) is 17.7 Å². The second kappa shape index (κ2) is 7.07. The lowest BCUT2D eigenvalue weighted by molar-refractivity contribution is 0.0930. The maximum atomic E-state index is 12.3. The van der Waals surface area contributed by atoms with Crippen LogP contribution in [0.1, 0.15) is 16.3 Å². The smallest absolute Gasteiger partial charge is 0.287 e. The van der Waals surface area contributed by atoms with E-state index in [1.807, 2.05) is 48.5 Å². The molecule has 0 spiro atoms. The number of furan rings is 2. The highest BCUT2D eigenvalue weighted by Crippen LogP contribution is 2.28. The topological polar surface area (TPSA) is 55.4 Å². The van der Waals surface area contributed by atoms with Gasteiger partial charge in [0.2, 0.25) is 0 Å². The van der Waals surface area contributed by atoms with Gasteiger partial charge in [-0.3, -0.25) is 4.79 Å². The van der Waals surface area contributed by atoms with Gasteiger partial charge >= 0.3 is 0 Å². The fourth-order valence-corrected chi connectivity index (χ4v) is 3.55. The number of hydrogen-bond donors (Lipinski definition) is 1. The second-order valence-corrected chi connectivity index (χ2v) is 6.80. The lowest BCUT2D eigenvalue weighted by atomic mass is 10.1. The summed E-state index contributed by atoms with van der Waals surface area (Å²) in [6.07, 6.45) is 1.67. The molecule has 4 rings (SSSR count). The van der Waals surface area contributed by atoms with Crippen LogP contribution in [0.5, 0.6) is 0 Å². The average Bonchev–Trinajstić information content (AvgIpc) is 3.30. The monoisotopic (exact) mass is 351 g/mol. The number of amides is 1. The number of thioether (sulfide) groups is 1. The van der Waals surface area contributed by atoms with E-state index in [9.17, 15) is 4.79 Å². The molecule has 4 aromatic rings. The van der Waals surface area contributed by atoms with E-state index >= 15 is 0 Å². The predicted molar refractivity (Wildman–Crippen MR) is 101 cm³/mol. The van der Waals surface area contributed by atoms with Crippen molar-refractivity contribution in [3.63, 3.8) is 0 Å². The molecule has 5 heteroatoms. The largest absolute Gasteiger partial charge is 0.468 e. The third-order valence-corrected chi connectivity index (χ3v) is 4.99. The normalized spacial score (nSPS) is 11.2. The highest BCUT2D eigenvalue weighted by molar-refractivity contribution is 7.98. The zero-order chi connectivity index (χ0) is 17.1. The first-order valence-corrected chi connectivity index (χ1v) is 9.26. The Morgan fingerprint density at radius 2 is 1.96 bits per heavy atom. The number of carbonyl (C=O) groups excluding carboxylic acids is 1. The highest BCUT2D eigenvalue weighted by Gasteiger charge is 2.13. The summed E-state index contributed by atoms with van der Waals surface area (Å²) in [5.74, 6) is 2.73. The molecule has 2 heterocycles. The standard InChI is InChI=1S/C20H17NO3S/c22-20(21-9-11-25-13-15-5-3-10-23-15)19-12-17-16-6-2-1-4-14(16)7-8-18(17)24-19/h1-8,10,12H,9,11,13H2,(H,21,22). The molecule has 0 unspecified atom stereocenters. The van der Waals surface area contributed by atoms with E-state index in [0.29, 0.717) is 12.3 Å². The molecule has 2 aromatic heterocycles. The Kier molecular flexibility index (Phi) is 4.48. The molecule has 0 aliphatic carbocycles. The molecule has 0 fully saturated rings. The van der Waals surface area contributed by atoms with Crippen molar-refractivity contribution in [3.05, 3.63) is 72.4 Å². The van der Waals surface area contributed by atoms with Crippen LogP contribution in [-0.4, -0.2) is 18.2 Å². The molecule has 2 aromatic carbocycles. The third kappa shape index (κ3) is 3.42. The zero-order valence-electron chi connectivity index (χ0n) is 13.5. The van der Waals surface area contributed by atoms with Gasteiger partial charge in [0.1, 0.15) is 11.3 Å². The minimum Gasteiger partial charge on any atom is -0.468 e. The maximum absolute atomic E-state index is 12.3. The quantitative estimate of drug-likeness (QED) is 0.505. The molecular formula is C20H17NO3S. The minimum atomic E-state index is -0.182. The van der Waals surface area contributed by atoms with Crippen LogP contribution < -0.4 is 5.32 Å². The van der Waals surface area contributed by atoms with Crippen LogP contribution in [0.15, 0.2) is 69.7 Å². The fourth-order valence-electron chi connectivity index (χ4n) is 2.80. The van der Waals surface area contributed by atoms with E-state index in [-0.39, 0.29) is 5.91 Å². The zero-order valence-corrected chi connectivity index (χ0v) is 14.3. The number of hydrogen-bond acceptors (Lipinski definition) is 4. The molecule has 0 saturated heterocycles. The lowest BCUT2D eigenvalue weighted by Crippen LogP contribution is -2.25. The Balaban J connectivity index is 1.39. The SMILES string of the molecule is O=C(NCCSCc1ccco1)c1cc2c(ccc3ccccc32)o1. The number of nitrogens with one attached hydrogen (secondary N) is 1. The van der Waals surface area contributed by atoms with Crippen molar-refractivity contribution in [3.8, 4) is 0 Å². The van der Waals surface area contributed by atoms with Gasteiger partial charge in [-0.2, -0.15) is 11.8 Å². The van der Waals surface area contributed by atoms with E-state index < -0.39 is 0 Å². The Morgan fingerprint density at radius 3 is 2.84 bits per heavy atom. The molecule has 4 nitrogen and oxygen atoms in total. The molecule has 0 bridgehead atoms. The van der Waals surface area contributed by atoms with Gasteiger partial charge in [0.25, 0.3) is 5.91 Å². The summed E-state index contributed by atoms with van der Waals surface area (Å²) in [7, 11) is 0. The van der Waals surface area contributed by atoms with Crippen LogP contribution in [0.25, 0.3) is 21.7 Å². The summed E-state index contributed by atoms with van der Waals surface area (Å²) >= 11 is 1.72. The van der Waals surface area contributed by atoms with Gasteiger partial charge in [-0.05, 0) is 35.0 Å². The van der Waals surface area contributed by atoms with Crippen molar-refractivity contribution in [1.29, 1.82) is 0 Å². The molecule has 0 aliphatic heterocycles. The van der Waals surface area contributed by atoms with Gasteiger partial charge in [-0.1, -0.05) is 30.3 Å². The van der Waals surface area contributed by atoms with Gasteiger partial charge in [0.15, 0.2) is 5.76 Å². The van der Waals surface area contributed by atoms with E-state index in [1.54, 1.807) is 18.0 Å². The number of rotatable bonds is 6. The maximum Gasteiger partial charge on any atom is 0.287 e. The predicted octanol–water partition coefficient (Wildman–Crippen LogP) is 4.84. The molecule has 1 amide bonds. The Morgan fingerprint density at radius 1 is 1.04 bits per heavy atom. The van der Waals surface area contributed by atoms with Gasteiger partial charge in [-0.15, -0.1) is 0 Å². The average molecular weight is 351 g/mol. The number of carbonyl (C=O) groups is 1. The van der Waals surface area contributed by atoms with Gasteiger partial charge < -0.3 is 14.2 Å². The molecule has 0 aliphatic rings. The summed E-state index contributed by atoms with van der Waals surface area (Å²) in [5.41, 5.74) is 0.732. The van der Waals surface area contributed by atoms with Gasteiger partial charge in [-0.25, -0.2) is 0 Å². The van der Waals surface area contributed by atoms with Crippen LogP contribution in [0.4, 0.5) is 0 Å². The van der Waals surface area contributed by atoms with Crippen LogP contribution in [-0.2, 0) is 5.75 Å². The summed E-state index contributed by atoms with van der Waals surface area (Å²) < 4.78 is 11.0. The van der Waals surface area contributed by atoms with Crippen LogP contribution >= 0.6 is 11.8 Å². The fraction of sp³-hybridized carbons (Fsp3) is 0.150. The van der Waals surface area contributed by atoms with Crippen molar-refractivity contribution in [2.24, 2.45) is 0 Å². The first-order valence-electron chi connectivity index (χ1n) is 8.11. The Bertz CT molecular complexity index is 1000. The first kappa shape index (κ1) is 15.8. The Hall–Kier alpha value is -2.66. The van der Waals surface area contributed by atoms with Crippen molar-refractivity contribution >= 4 is 39.4 Å². The van der Waals surface area contributed by atoms with Crippen LogP contribution in [0.2, 0.25) is 0 Å². The van der Waals surface area contributed by atoms with Crippen LogP contribution in [0, 0.1) is 0 Å². The molecule has 0 atom stereocenters. The lowest BCUT2D eigenvalue weighted by Gasteiger charge is -2.02. The molecular weight excluding hydrogens is 334 g/mol. The third-order valence-electron chi connectivity index (χ3n) is 4.01. The molecule has 126 valence electrons. The van der Waals surface area contributed by atoms with Crippen molar-refractivity contribution < 1.29 is 13.6 Å². The second-order valence-electron chi connectivity index (χ2n) is 5.70. The minimum absolute atomic E-state index is 0.182. The van der Waals surface area contributed by atoms with Crippen molar-refractivity contribution in [2.75, 3.05) is 12.3 Å². The number of benzene rings is 2. The number of fused-ring (bicyclic) bond motifs is 3. The van der Waals surface area contributed by atoms with E-state index in [4.69, 9.17) is 8.83 Å². The van der Waals surface area contributed by atoms with Crippen LogP contribution in [0.3, 0.4) is 0 Å². The summed E-state index contributed by atoms with van der Waals surface area (Å²) in [4.78, 5) is 12.3. The molecule has 1 N–H and O–H groups in total. The Labute approximate surface area is 149 Å². The summed E-state index contributed by atoms with van der Waals surface area (Å²) in [6, 6.07) is 17.7. The highest BCUT2D eigenvalue weighted by atomic mass is 32.2.